The van der Waals surface area contributed by atoms with Gasteiger partial charge in [-0.2, -0.15) is 5.48 Å². The molecular formula is C12H19NO. The number of nitrogens with one attached hydrogen (secondary N) is 1. The van der Waals surface area contributed by atoms with Gasteiger partial charge in [-0.05, 0) is 17.9 Å². The van der Waals surface area contributed by atoms with Gasteiger partial charge in [-0.15, -0.1) is 0 Å². The SMILES string of the molecule is CONC(Cc1ccccc1)C(C)C. The summed E-state index contributed by atoms with van der Waals surface area (Å²) < 4.78 is 0. The van der Waals surface area contributed by atoms with Crippen LogP contribution in [0, 0.1) is 5.92 Å². The van der Waals surface area contributed by atoms with Crippen molar-refractivity contribution in [3.63, 3.8) is 0 Å². The Morgan fingerprint density at radius 2 is 1.86 bits per heavy atom. The number of rotatable bonds is 5. The van der Waals surface area contributed by atoms with Crippen LogP contribution in [-0.2, 0) is 11.3 Å². The highest BCUT2D eigenvalue weighted by Gasteiger charge is 2.12. The molecule has 1 atom stereocenters. The van der Waals surface area contributed by atoms with Crippen molar-refractivity contribution in [3.8, 4) is 0 Å². The summed E-state index contributed by atoms with van der Waals surface area (Å²) in [4.78, 5) is 4.99. The summed E-state index contributed by atoms with van der Waals surface area (Å²) in [5.41, 5.74) is 4.37. The lowest BCUT2D eigenvalue weighted by Crippen LogP contribution is -2.34. The van der Waals surface area contributed by atoms with E-state index < -0.39 is 0 Å². The first kappa shape index (κ1) is 11.2. The topological polar surface area (TPSA) is 21.3 Å². The van der Waals surface area contributed by atoms with Crippen LogP contribution >= 0.6 is 0 Å². The fourth-order valence-electron chi connectivity index (χ4n) is 1.43. The highest BCUT2D eigenvalue weighted by atomic mass is 16.6. The fraction of sp³-hybridized carbons (Fsp3) is 0.500. The molecule has 0 spiro atoms. The molecule has 0 aliphatic rings. The third-order valence-electron chi connectivity index (χ3n) is 2.37. The monoisotopic (exact) mass is 193 g/mol. The van der Waals surface area contributed by atoms with E-state index in [9.17, 15) is 0 Å². The van der Waals surface area contributed by atoms with Crippen molar-refractivity contribution in [2.45, 2.75) is 26.3 Å². The molecule has 1 N–H and O–H groups in total. The van der Waals surface area contributed by atoms with Gasteiger partial charge >= 0.3 is 0 Å². The van der Waals surface area contributed by atoms with E-state index in [0.717, 1.165) is 6.42 Å². The Balaban J connectivity index is 2.55. The van der Waals surface area contributed by atoms with E-state index in [1.165, 1.54) is 5.56 Å². The Kier molecular flexibility index (Phi) is 4.63. The molecule has 0 amide bonds. The Morgan fingerprint density at radius 3 is 2.36 bits per heavy atom. The lowest BCUT2D eigenvalue weighted by Gasteiger charge is -2.20. The first-order valence-corrected chi connectivity index (χ1v) is 5.06. The molecule has 2 heteroatoms. The van der Waals surface area contributed by atoms with E-state index >= 15 is 0 Å². The molecule has 0 aromatic heterocycles. The maximum atomic E-state index is 4.99. The normalized spacial score (nSPS) is 13.1. The Hall–Kier alpha value is -0.860. The van der Waals surface area contributed by atoms with Crippen LogP contribution in [0.4, 0.5) is 0 Å². The molecule has 0 saturated carbocycles. The molecule has 0 heterocycles. The first-order chi connectivity index (χ1) is 6.74. The smallest absolute Gasteiger partial charge is 0.0572 e. The summed E-state index contributed by atoms with van der Waals surface area (Å²) >= 11 is 0. The summed E-state index contributed by atoms with van der Waals surface area (Å²) in [6.07, 6.45) is 1.01. The van der Waals surface area contributed by atoms with Gasteiger partial charge in [-0.1, -0.05) is 44.2 Å². The molecule has 0 bridgehead atoms. The minimum absolute atomic E-state index is 0.377. The van der Waals surface area contributed by atoms with E-state index in [4.69, 9.17) is 4.84 Å². The van der Waals surface area contributed by atoms with Gasteiger partial charge in [0.1, 0.15) is 0 Å². The van der Waals surface area contributed by atoms with E-state index in [1.54, 1.807) is 7.11 Å². The van der Waals surface area contributed by atoms with Crippen LogP contribution in [0.1, 0.15) is 19.4 Å². The van der Waals surface area contributed by atoms with Crippen LogP contribution in [0.25, 0.3) is 0 Å². The van der Waals surface area contributed by atoms with Gasteiger partial charge < -0.3 is 4.84 Å². The van der Waals surface area contributed by atoms with Crippen LogP contribution in [0.2, 0.25) is 0 Å². The second-order valence-corrected chi connectivity index (χ2v) is 3.86. The molecule has 0 radical (unpaired) electrons. The molecule has 0 aliphatic heterocycles. The highest BCUT2D eigenvalue weighted by Crippen LogP contribution is 2.09. The molecule has 0 fully saturated rings. The Labute approximate surface area is 86.2 Å². The third-order valence-corrected chi connectivity index (χ3v) is 2.37. The summed E-state index contributed by atoms with van der Waals surface area (Å²) in [7, 11) is 1.67. The molecule has 2 nitrogen and oxygen atoms in total. The largest absolute Gasteiger partial charge is 0.305 e. The van der Waals surface area contributed by atoms with Gasteiger partial charge in [0.2, 0.25) is 0 Å². The van der Waals surface area contributed by atoms with Crippen LogP contribution < -0.4 is 5.48 Å². The highest BCUT2D eigenvalue weighted by molar-refractivity contribution is 5.15. The van der Waals surface area contributed by atoms with Crippen LogP contribution in [0.3, 0.4) is 0 Å². The van der Waals surface area contributed by atoms with Crippen molar-refractivity contribution in [1.29, 1.82) is 0 Å². The van der Waals surface area contributed by atoms with Crippen molar-refractivity contribution in [3.05, 3.63) is 35.9 Å². The Bertz CT molecular complexity index is 246. The van der Waals surface area contributed by atoms with Crippen LogP contribution in [-0.4, -0.2) is 13.2 Å². The molecule has 0 saturated heterocycles. The Morgan fingerprint density at radius 1 is 1.21 bits per heavy atom. The predicted octanol–water partition coefficient (Wildman–Crippen LogP) is 2.40. The molecule has 1 unspecified atom stereocenters. The second kappa shape index (κ2) is 5.78. The lowest BCUT2D eigenvalue weighted by atomic mass is 9.97. The minimum Gasteiger partial charge on any atom is -0.305 e. The van der Waals surface area contributed by atoms with Gasteiger partial charge in [0, 0.05) is 6.04 Å². The predicted molar refractivity (Wildman–Crippen MR) is 58.9 cm³/mol. The van der Waals surface area contributed by atoms with Gasteiger partial charge in [0.05, 0.1) is 7.11 Å². The molecule has 78 valence electrons. The molecular weight excluding hydrogens is 174 g/mol. The van der Waals surface area contributed by atoms with E-state index in [-0.39, 0.29) is 0 Å². The van der Waals surface area contributed by atoms with Crippen molar-refractivity contribution >= 4 is 0 Å². The zero-order valence-electron chi connectivity index (χ0n) is 9.16. The van der Waals surface area contributed by atoms with E-state index in [1.807, 2.05) is 6.07 Å². The fourth-order valence-corrected chi connectivity index (χ4v) is 1.43. The number of hydrogen-bond acceptors (Lipinski definition) is 2. The van der Waals surface area contributed by atoms with Crippen LogP contribution in [0.5, 0.6) is 0 Å². The minimum atomic E-state index is 0.377. The zero-order chi connectivity index (χ0) is 10.4. The van der Waals surface area contributed by atoms with Gasteiger partial charge in [0.15, 0.2) is 0 Å². The average Bonchev–Trinajstić information content (AvgIpc) is 2.18. The van der Waals surface area contributed by atoms with Crippen LogP contribution in [0.15, 0.2) is 30.3 Å². The van der Waals surface area contributed by atoms with Crippen molar-refractivity contribution < 1.29 is 4.84 Å². The molecule has 1 rings (SSSR count). The molecule has 1 aromatic rings. The average molecular weight is 193 g/mol. The van der Waals surface area contributed by atoms with Gasteiger partial charge in [-0.3, -0.25) is 0 Å². The first-order valence-electron chi connectivity index (χ1n) is 5.06. The number of hydroxylamine groups is 1. The lowest BCUT2D eigenvalue weighted by molar-refractivity contribution is 0.0464. The summed E-state index contributed by atoms with van der Waals surface area (Å²) in [6, 6.07) is 10.8. The van der Waals surface area contributed by atoms with E-state index in [0.29, 0.717) is 12.0 Å². The third kappa shape index (κ3) is 3.48. The standard InChI is InChI=1S/C12H19NO/c1-10(2)12(13-14-3)9-11-7-5-4-6-8-11/h4-8,10,12-13H,9H2,1-3H3. The maximum Gasteiger partial charge on any atom is 0.0572 e. The maximum absolute atomic E-state index is 4.99. The van der Waals surface area contributed by atoms with Crippen molar-refractivity contribution in [2.75, 3.05) is 7.11 Å². The quantitative estimate of drug-likeness (QED) is 0.725. The van der Waals surface area contributed by atoms with Crippen molar-refractivity contribution in [1.82, 2.24) is 5.48 Å². The van der Waals surface area contributed by atoms with Gasteiger partial charge in [0.25, 0.3) is 0 Å². The summed E-state index contributed by atoms with van der Waals surface area (Å²) in [5.74, 6) is 0.565. The van der Waals surface area contributed by atoms with Gasteiger partial charge in [-0.25, -0.2) is 0 Å². The second-order valence-electron chi connectivity index (χ2n) is 3.86. The number of hydrogen-bond donors (Lipinski definition) is 1. The summed E-state index contributed by atoms with van der Waals surface area (Å²) in [5, 5.41) is 0. The number of benzene rings is 1. The van der Waals surface area contributed by atoms with Crippen molar-refractivity contribution in [2.24, 2.45) is 5.92 Å². The molecule has 1 aromatic carbocycles. The molecule has 14 heavy (non-hydrogen) atoms. The molecule has 0 aliphatic carbocycles. The zero-order valence-corrected chi connectivity index (χ0v) is 9.16. The van der Waals surface area contributed by atoms with E-state index in [2.05, 4.69) is 43.6 Å². The summed E-state index contributed by atoms with van der Waals surface area (Å²) in [6.45, 7) is 4.39.